The van der Waals surface area contributed by atoms with Gasteiger partial charge in [0.1, 0.15) is 18.0 Å². The lowest BCUT2D eigenvalue weighted by atomic mass is 10.1. The molecule has 0 bridgehead atoms. The van der Waals surface area contributed by atoms with Gasteiger partial charge in [0.15, 0.2) is 0 Å². The molecule has 0 aromatic heterocycles. The molecule has 168 valence electrons. The SMILES string of the molecule is COC(=O)c1ccc(COc2ccc(/C=N/Nc3ccc([N+](=O)[O-])cc3[N+](=O)[O-])cc2)cc1. The molecule has 11 heteroatoms. The summed E-state index contributed by atoms with van der Waals surface area (Å²) in [4.78, 5) is 32.0. The van der Waals surface area contributed by atoms with Crippen LogP contribution in [0.25, 0.3) is 0 Å². The Morgan fingerprint density at radius 1 is 1.00 bits per heavy atom. The average molecular weight is 450 g/mol. The summed E-state index contributed by atoms with van der Waals surface area (Å²) in [6, 6.07) is 17.1. The van der Waals surface area contributed by atoms with Gasteiger partial charge in [0, 0.05) is 6.07 Å². The Hall–Kier alpha value is -4.80. The number of non-ortho nitro benzene ring substituents is 1. The maximum Gasteiger partial charge on any atom is 0.337 e. The summed E-state index contributed by atoms with van der Waals surface area (Å²) in [6.07, 6.45) is 1.44. The zero-order valence-corrected chi connectivity index (χ0v) is 17.3. The Morgan fingerprint density at radius 3 is 2.30 bits per heavy atom. The lowest BCUT2D eigenvalue weighted by Crippen LogP contribution is -2.02. The number of carbonyl (C=O) groups excluding carboxylic acids is 1. The molecule has 0 saturated heterocycles. The van der Waals surface area contributed by atoms with Gasteiger partial charge in [0.05, 0.1) is 34.8 Å². The molecular weight excluding hydrogens is 432 g/mol. The van der Waals surface area contributed by atoms with Gasteiger partial charge < -0.3 is 9.47 Å². The van der Waals surface area contributed by atoms with Gasteiger partial charge in [-0.15, -0.1) is 0 Å². The number of ether oxygens (including phenoxy) is 2. The maximum absolute atomic E-state index is 11.5. The number of anilines is 1. The standard InChI is InChI=1S/C22H18N4O7/c1-32-22(27)17-6-2-16(3-7-17)14-33-19-9-4-15(5-10-19)13-23-24-20-11-8-18(25(28)29)12-21(20)26(30)31/h2-13,24H,14H2,1H3/b23-13+. The van der Waals surface area contributed by atoms with Crippen LogP contribution in [0.4, 0.5) is 17.1 Å². The third-order valence-electron chi connectivity index (χ3n) is 4.45. The molecule has 0 amide bonds. The fraction of sp³-hybridized carbons (Fsp3) is 0.0909. The largest absolute Gasteiger partial charge is 0.489 e. The van der Waals surface area contributed by atoms with E-state index in [1.165, 1.54) is 19.4 Å². The minimum atomic E-state index is -0.722. The fourth-order valence-corrected chi connectivity index (χ4v) is 2.73. The second-order valence-corrected chi connectivity index (χ2v) is 6.63. The predicted octanol–water partition coefficient (Wildman–Crippen LogP) is 4.31. The van der Waals surface area contributed by atoms with Crippen molar-refractivity contribution in [1.29, 1.82) is 0 Å². The second kappa shape index (κ2) is 10.5. The first kappa shape index (κ1) is 22.9. The van der Waals surface area contributed by atoms with Crippen molar-refractivity contribution in [3.8, 4) is 5.75 Å². The third kappa shape index (κ3) is 6.10. The van der Waals surface area contributed by atoms with Crippen LogP contribution in [0.3, 0.4) is 0 Å². The molecule has 0 spiro atoms. The van der Waals surface area contributed by atoms with E-state index in [1.807, 2.05) is 0 Å². The van der Waals surface area contributed by atoms with Crippen molar-refractivity contribution in [1.82, 2.24) is 0 Å². The Balaban J connectivity index is 1.58. The van der Waals surface area contributed by atoms with E-state index in [9.17, 15) is 25.0 Å². The summed E-state index contributed by atoms with van der Waals surface area (Å²) < 4.78 is 10.4. The number of nitro benzene ring substituents is 2. The number of methoxy groups -OCH3 is 1. The van der Waals surface area contributed by atoms with Gasteiger partial charge in [-0.25, -0.2) is 4.79 Å². The van der Waals surface area contributed by atoms with E-state index in [-0.39, 0.29) is 11.4 Å². The molecule has 0 aliphatic rings. The van der Waals surface area contributed by atoms with Crippen molar-refractivity contribution in [2.45, 2.75) is 6.61 Å². The molecule has 11 nitrogen and oxygen atoms in total. The van der Waals surface area contributed by atoms with Crippen LogP contribution in [0.1, 0.15) is 21.5 Å². The molecule has 0 heterocycles. The van der Waals surface area contributed by atoms with Gasteiger partial charge in [-0.2, -0.15) is 5.10 Å². The maximum atomic E-state index is 11.5. The number of nitrogens with zero attached hydrogens (tertiary/aromatic N) is 3. The first-order chi connectivity index (χ1) is 15.9. The molecule has 3 aromatic rings. The number of carbonyl (C=O) groups is 1. The first-order valence-electron chi connectivity index (χ1n) is 9.49. The lowest BCUT2D eigenvalue weighted by molar-refractivity contribution is -0.393. The van der Waals surface area contributed by atoms with Crippen molar-refractivity contribution < 1.29 is 24.1 Å². The highest BCUT2D eigenvalue weighted by atomic mass is 16.6. The predicted molar refractivity (Wildman–Crippen MR) is 120 cm³/mol. The average Bonchev–Trinajstić information content (AvgIpc) is 2.83. The summed E-state index contributed by atoms with van der Waals surface area (Å²) >= 11 is 0. The Bertz CT molecular complexity index is 1190. The Labute approximate surface area is 187 Å². The molecule has 0 fully saturated rings. The molecule has 0 aliphatic heterocycles. The van der Waals surface area contributed by atoms with Gasteiger partial charge >= 0.3 is 11.7 Å². The van der Waals surface area contributed by atoms with Crippen molar-refractivity contribution in [3.63, 3.8) is 0 Å². The number of hydrazone groups is 1. The summed E-state index contributed by atoms with van der Waals surface area (Å²) in [5.41, 5.74) is 3.75. The quantitative estimate of drug-likeness (QED) is 0.219. The second-order valence-electron chi connectivity index (χ2n) is 6.63. The van der Waals surface area contributed by atoms with Crippen molar-refractivity contribution in [3.05, 3.63) is 104 Å². The molecule has 33 heavy (non-hydrogen) atoms. The zero-order valence-electron chi connectivity index (χ0n) is 17.3. The minimum Gasteiger partial charge on any atom is -0.489 e. The van der Waals surface area contributed by atoms with E-state index < -0.39 is 21.5 Å². The van der Waals surface area contributed by atoms with Gasteiger partial charge in [-0.05, 0) is 53.6 Å². The van der Waals surface area contributed by atoms with Crippen molar-refractivity contribution in [2.75, 3.05) is 12.5 Å². The van der Waals surface area contributed by atoms with Crippen molar-refractivity contribution in [2.24, 2.45) is 5.10 Å². The Morgan fingerprint density at radius 2 is 1.70 bits per heavy atom. The molecule has 0 saturated carbocycles. The summed E-state index contributed by atoms with van der Waals surface area (Å²) in [5, 5.41) is 25.9. The molecule has 1 N–H and O–H groups in total. The lowest BCUT2D eigenvalue weighted by Gasteiger charge is -2.07. The van der Waals surface area contributed by atoms with Crippen LogP contribution in [0.5, 0.6) is 5.75 Å². The zero-order chi connectivity index (χ0) is 23.8. The molecule has 0 atom stereocenters. The summed E-state index contributed by atoms with van der Waals surface area (Å²) in [5.74, 6) is 0.209. The van der Waals surface area contributed by atoms with Gasteiger partial charge in [-0.3, -0.25) is 25.7 Å². The van der Waals surface area contributed by atoms with Gasteiger partial charge in [-0.1, -0.05) is 12.1 Å². The Kier molecular flexibility index (Phi) is 7.27. The fourth-order valence-electron chi connectivity index (χ4n) is 2.73. The molecule has 0 aliphatic carbocycles. The number of nitrogens with one attached hydrogen (secondary N) is 1. The number of rotatable bonds is 9. The minimum absolute atomic E-state index is 0.0278. The van der Waals surface area contributed by atoms with E-state index >= 15 is 0 Å². The van der Waals surface area contributed by atoms with Crippen LogP contribution < -0.4 is 10.2 Å². The molecule has 3 rings (SSSR count). The number of benzene rings is 3. The topological polar surface area (TPSA) is 146 Å². The van der Waals surface area contributed by atoms with Crippen LogP contribution in [0, 0.1) is 20.2 Å². The van der Waals surface area contributed by atoms with E-state index in [0.29, 0.717) is 23.5 Å². The van der Waals surface area contributed by atoms with Crippen LogP contribution >= 0.6 is 0 Å². The number of hydrogen-bond acceptors (Lipinski definition) is 9. The monoisotopic (exact) mass is 450 g/mol. The molecular formula is C22H18N4O7. The first-order valence-corrected chi connectivity index (χ1v) is 9.49. The molecule has 0 radical (unpaired) electrons. The molecule has 0 unspecified atom stereocenters. The van der Waals surface area contributed by atoms with E-state index in [1.54, 1.807) is 48.5 Å². The van der Waals surface area contributed by atoms with E-state index in [4.69, 9.17) is 4.74 Å². The van der Waals surface area contributed by atoms with E-state index in [0.717, 1.165) is 17.7 Å². The smallest absolute Gasteiger partial charge is 0.337 e. The number of hydrogen-bond donors (Lipinski definition) is 1. The summed E-state index contributed by atoms with van der Waals surface area (Å²) in [6.45, 7) is 0.306. The van der Waals surface area contributed by atoms with Crippen LogP contribution in [0.15, 0.2) is 71.8 Å². The highest BCUT2D eigenvalue weighted by molar-refractivity contribution is 5.89. The number of nitro groups is 2. The normalized spacial score (nSPS) is 10.6. The number of esters is 1. The van der Waals surface area contributed by atoms with Gasteiger partial charge in [0.2, 0.25) is 0 Å². The van der Waals surface area contributed by atoms with E-state index in [2.05, 4.69) is 15.3 Å². The summed E-state index contributed by atoms with van der Waals surface area (Å²) in [7, 11) is 1.32. The highest BCUT2D eigenvalue weighted by Crippen LogP contribution is 2.28. The third-order valence-corrected chi connectivity index (χ3v) is 4.45. The highest BCUT2D eigenvalue weighted by Gasteiger charge is 2.19. The van der Waals surface area contributed by atoms with Crippen LogP contribution in [0.2, 0.25) is 0 Å². The molecule has 3 aromatic carbocycles. The van der Waals surface area contributed by atoms with Crippen molar-refractivity contribution >= 4 is 29.2 Å². The van der Waals surface area contributed by atoms with Gasteiger partial charge in [0.25, 0.3) is 5.69 Å². The van der Waals surface area contributed by atoms with Crippen LogP contribution in [-0.2, 0) is 11.3 Å². The van der Waals surface area contributed by atoms with Crippen LogP contribution in [-0.4, -0.2) is 29.1 Å².